The van der Waals surface area contributed by atoms with Crippen LogP contribution in [0.15, 0.2) is 0 Å². The number of hydrogen-bond donors (Lipinski definition) is 1. The van der Waals surface area contributed by atoms with Crippen molar-refractivity contribution in [1.82, 2.24) is 4.90 Å². The molecule has 12 heavy (non-hydrogen) atoms. The van der Waals surface area contributed by atoms with Crippen LogP contribution in [-0.2, 0) is 9.59 Å². The van der Waals surface area contributed by atoms with Gasteiger partial charge in [0.05, 0.1) is 5.92 Å². The molecule has 1 aliphatic rings. The van der Waals surface area contributed by atoms with Gasteiger partial charge in [-0.15, -0.1) is 0 Å². The molecule has 0 bridgehead atoms. The van der Waals surface area contributed by atoms with Crippen LogP contribution >= 0.6 is 0 Å². The lowest BCUT2D eigenvalue weighted by Crippen LogP contribution is -2.34. The molecule has 1 heterocycles. The molecular weight excluding hydrogens is 158 g/mol. The van der Waals surface area contributed by atoms with Gasteiger partial charge in [0.1, 0.15) is 0 Å². The van der Waals surface area contributed by atoms with Gasteiger partial charge < -0.3 is 10.0 Å². The highest BCUT2D eigenvalue weighted by molar-refractivity contribution is 5.86. The number of carboxylic acids is 1. The maximum Gasteiger partial charge on any atom is 0.309 e. The molecule has 1 saturated heterocycles. The number of aliphatic carboxylic acids is 1. The molecule has 0 unspecified atom stereocenters. The van der Waals surface area contributed by atoms with Gasteiger partial charge in [-0.05, 0) is 13.8 Å². The Hall–Kier alpha value is -1.06. The Kier molecular flexibility index (Phi) is 2.35. The van der Waals surface area contributed by atoms with Crippen LogP contribution < -0.4 is 0 Å². The first-order valence-corrected chi connectivity index (χ1v) is 4.10. The van der Waals surface area contributed by atoms with Gasteiger partial charge in [-0.3, -0.25) is 9.59 Å². The van der Waals surface area contributed by atoms with Crippen LogP contribution in [0.5, 0.6) is 0 Å². The third-order valence-electron chi connectivity index (χ3n) is 2.45. The molecule has 0 aromatic rings. The zero-order chi connectivity index (χ0) is 9.30. The van der Waals surface area contributed by atoms with E-state index in [1.807, 2.05) is 6.92 Å². The van der Waals surface area contributed by atoms with Gasteiger partial charge in [-0.1, -0.05) is 0 Å². The fourth-order valence-corrected chi connectivity index (χ4v) is 1.68. The highest BCUT2D eigenvalue weighted by Gasteiger charge is 2.39. The van der Waals surface area contributed by atoms with Crippen molar-refractivity contribution >= 4 is 11.9 Å². The Bertz CT molecular complexity index is 214. The van der Waals surface area contributed by atoms with Crippen LogP contribution in [0.1, 0.15) is 20.3 Å². The fraction of sp³-hybridized carbons (Fsp3) is 0.750. The third kappa shape index (κ3) is 1.29. The van der Waals surface area contributed by atoms with E-state index < -0.39 is 11.9 Å². The molecule has 2 atom stereocenters. The van der Waals surface area contributed by atoms with Gasteiger partial charge in [-0.25, -0.2) is 0 Å². The maximum absolute atomic E-state index is 11.2. The summed E-state index contributed by atoms with van der Waals surface area (Å²) >= 11 is 0. The van der Waals surface area contributed by atoms with E-state index in [0.29, 0.717) is 6.54 Å². The van der Waals surface area contributed by atoms with Crippen molar-refractivity contribution in [1.29, 1.82) is 0 Å². The van der Waals surface area contributed by atoms with E-state index in [0.717, 1.165) is 0 Å². The minimum absolute atomic E-state index is 0.0441. The molecule has 1 amide bonds. The summed E-state index contributed by atoms with van der Waals surface area (Å²) in [5, 5.41) is 8.74. The maximum atomic E-state index is 11.2. The molecule has 0 saturated carbocycles. The summed E-state index contributed by atoms with van der Waals surface area (Å²) in [6.07, 6.45) is 0.157. The number of likely N-dealkylation sites (tertiary alicyclic amines) is 1. The van der Waals surface area contributed by atoms with Crippen LogP contribution in [0.2, 0.25) is 0 Å². The lowest BCUT2D eigenvalue weighted by molar-refractivity contribution is -0.142. The van der Waals surface area contributed by atoms with Crippen molar-refractivity contribution in [3.8, 4) is 0 Å². The molecule has 0 aliphatic carbocycles. The van der Waals surface area contributed by atoms with Gasteiger partial charge in [-0.2, -0.15) is 0 Å². The number of hydrogen-bond acceptors (Lipinski definition) is 2. The van der Waals surface area contributed by atoms with Crippen LogP contribution in [-0.4, -0.2) is 34.5 Å². The summed E-state index contributed by atoms with van der Waals surface area (Å²) in [6.45, 7) is 4.25. The zero-order valence-corrected chi connectivity index (χ0v) is 7.28. The summed E-state index contributed by atoms with van der Waals surface area (Å²) < 4.78 is 0. The van der Waals surface area contributed by atoms with Crippen LogP contribution in [0, 0.1) is 5.92 Å². The van der Waals surface area contributed by atoms with Crippen molar-refractivity contribution in [2.75, 3.05) is 6.54 Å². The standard InChI is InChI=1S/C8H13NO3/c1-3-9-5(2)6(8(11)12)4-7(9)10/h5-6H,3-4H2,1-2H3,(H,11,12)/t5-,6-/m1/s1. The SMILES string of the molecule is CCN1C(=O)C[C@@H](C(=O)O)[C@H]1C. The molecule has 0 aromatic carbocycles. The second-order valence-electron chi connectivity index (χ2n) is 3.07. The number of carboxylic acid groups (broad SMARTS) is 1. The van der Waals surface area contributed by atoms with Crippen molar-refractivity contribution < 1.29 is 14.7 Å². The molecule has 1 rings (SSSR count). The second-order valence-corrected chi connectivity index (χ2v) is 3.07. The number of carbonyl (C=O) groups is 2. The number of rotatable bonds is 2. The molecular formula is C8H13NO3. The Morgan fingerprint density at radius 2 is 2.33 bits per heavy atom. The molecule has 1 aliphatic heterocycles. The van der Waals surface area contributed by atoms with Crippen LogP contribution in [0.4, 0.5) is 0 Å². The molecule has 0 aromatic heterocycles. The monoisotopic (exact) mass is 171 g/mol. The Labute approximate surface area is 71.2 Å². The average Bonchev–Trinajstić information content (AvgIpc) is 2.27. The van der Waals surface area contributed by atoms with E-state index >= 15 is 0 Å². The molecule has 0 radical (unpaired) electrons. The van der Waals surface area contributed by atoms with Crippen molar-refractivity contribution in [2.45, 2.75) is 26.3 Å². The largest absolute Gasteiger partial charge is 0.481 e. The first-order chi connectivity index (χ1) is 5.57. The van der Waals surface area contributed by atoms with Crippen LogP contribution in [0.3, 0.4) is 0 Å². The molecule has 4 nitrogen and oxygen atoms in total. The summed E-state index contributed by atoms with van der Waals surface area (Å²) in [6, 6.07) is -0.153. The summed E-state index contributed by atoms with van der Waals surface area (Å²) in [5.74, 6) is -1.43. The number of nitrogens with zero attached hydrogens (tertiary/aromatic N) is 1. The fourth-order valence-electron chi connectivity index (χ4n) is 1.68. The highest BCUT2D eigenvalue weighted by Crippen LogP contribution is 2.24. The Morgan fingerprint density at radius 3 is 2.58 bits per heavy atom. The quantitative estimate of drug-likeness (QED) is 0.651. The molecule has 1 N–H and O–H groups in total. The van der Waals surface area contributed by atoms with E-state index in [1.165, 1.54) is 0 Å². The summed E-state index contributed by atoms with van der Waals surface area (Å²) in [5.41, 5.74) is 0. The minimum Gasteiger partial charge on any atom is -0.481 e. The summed E-state index contributed by atoms with van der Waals surface area (Å²) in [7, 11) is 0. The van der Waals surface area contributed by atoms with Crippen molar-refractivity contribution in [2.24, 2.45) is 5.92 Å². The predicted octanol–water partition coefficient (Wildman–Crippen LogP) is 0.328. The van der Waals surface area contributed by atoms with Gasteiger partial charge in [0.25, 0.3) is 0 Å². The topological polar surface area (TPSA) is 57.6 Å². The third-order valence-corrected chi connectivity index (χ3v) is 2.45. The molecule has 0 spiro atoms. The average molecular weight is 171 g/mol. The summed E-state index contributed by atoms with van der Waals surface area (Å²) in [4.78, 5) is 23.4. The van der Waals surface area contributed by atoms with E-state index in [-0.39, 0.29) is 18.4 Å². The lowest BCUT2D eigenvalue weighted by Gasteiger charge is -2.20. The van der Waals surface area contributed by atoms with E-state index in [2.05, 4.69) is 0 Å². The van der Waals surface area contributed by atoms with E-state index in [9.17, 15) is 9.59 Å². The Morgan fingerprint density at radius 1 is 1.75 bits per heavy atom. The molecule has 4 heteroatoms. The van der Waals surface area contributed by atoms with Gasteiger partial charge >= 0.3 is 5.97 Å². The molecule has 68 valence electrons. The van der Waals surface area contributed by atoms with Gasteiger partial charge in [0.2, 0.25) is 5.91 Å². The van der Waals surface area contributed by atoms with Crippen molar-refractivity contribution in [3.05, 3.63) is 0 Å². The lowest BCUT2D eigenvalue weighted by atomic mass is 10.0. The second kappa shape index (κ2) is 3.13. The smallest absolute Gasteiger partial charge is 0.309 e. The highest BCUT2D eigenvalue weighted by atomic mass is 16.4. The predicted molar refractivity (Wildman–Crippen MR) is 42.6 cm³/mol. The normalized spacial score (nSPS) is 29.5. The van der Waals surface area contributed by atoms with Crippen molar-refractivity contribution in [3.63, 3.8) is 0 Å². The Balaban J connectivity index is 2.75. The molecule has 1 fully saturated rings. The van der Waals surface area contributed by atoms with Gasteiger partial charge in [0, 0.05) is 19.0 Å². The van der Waals surface area contributed by atoms with E-state index in [1.54, 1.807) is 11.8 Å². The first-order valence-electron chi connectivity index (χ1n) is 4.10. The number of carbonyl (C=O) groups excluding carboxylic acids is 1. The minimum atomic E-state index is -0.869. The number of amides is 1. The first kappa shape index (κ1) is 9.03. The zero-order valence-electron chi connectivity index (χ0n) is 7.28. The van der Waals surface area contributed by atoms with Crippen LogP contribution in [0.25, 0.3) is 0 Å². The van der Waals surface area contributed by atoms with Gasteiger partial charge in [0.15, 0.2) is 0 Å². The van der Waals surface area contributed by atoms with E-state index in [4.69, 9.17) is 5.11 Å².